The second-order valence-corrected chi connectivity index (χ2v) is 9.16. The van der Waals surface area contributed by atoms with Crippen molar-refractivity contribution in [2.75, 3.05) is 27.3 Å². The van der Waals surface area contributed by atoms with Crippen molar-refractivity contribution >= 4 is 11.8 Å². The summed E-state index contributed by atoms with van der Waals surface area (Å²) in [6.07, 6.45) is 7.78. The smallest absolute Gasteiger partial charge is 0.237 e. The van der Waals surface area contributed by atoms with Crippen molar-refractivity contribution in [2.24, 2.45) is 23.7 Å². The number of nitrogens with one attached hydrogen (secondary N) is 2. The fraction of sp³-hybridized carbons (Fsp3) is 0.900. The molecule has 5 aliphatic rings. The van der Waals surface area contributed by atoms with Crippen LogP contribution in [0.3, 0.4) is 0 Å². The molecule has 1 heterocycles. The standard InChI is InChI=1S/C20H33N3O3/c1-23-11-16(21-18(24)3-4-26-2)10-17(23)20(25)22-19-14-6-12-5-13(8-14)9-15(19)7-12/h12-17,19H,3-11H2,1-2H3,(H,21,24)(H,22,25)/t12?,13?,14?,15?,16-,17-,19?/m0/s1. The molecule has 26 heavy (non-hydrogen) atoms. The number of rotatable bonds is 6. The molecule has 5 fully saturated rings. The van der Waals surface area contributed by atoms with Crippen molar-refractivity contribution in [3.8, 4) is 0 Å². The lowest BCUT2D eigenvalue weighted by atomic mass is 9.54. The van der Waals surface area contributed by atoms with Crippen LogP contribution >= 0.6 is 0 Å². The molecule has 146 valence electrons. The van der Waals surface area contributed by atoms with Gasteiger partial charge in [-0.15, -0.1) is 0 Å². The number of hydrogen-bond donors (Lipinski definition) is 2. The normalized spacial score (nSPS) is 41.4. The van der Waals surface area contributed by atoms with E-state index >= 15 is 0 Å². The lowest BCUT2D eigenvalue weighted by Gasteiger charge is -2.54. The maximum Gasteiger partial charge on any atom is 0.237 e. The molecule has 0 spiro atoms. The SMILES string of the molecule is COCCC(=O)N[C@H]1C[C@@H](C(=O)NC2C3CC4CC(C3)CC2C4)N(C)C1. The zero-order chi connectivity index (χ0) is 18.3. The Hall–Kier alpha value is -1.14. The number of methoxy groups -OCH3 is 1. The van der Waals surface area contributed by atoms with Gasteiger partial charge in [0.1, 0.15) is 0 Å². The van der Waals surface area contributed by atoms with Gasteiger partial charge in [0.05, 0.1) is 12.6 Å². The van der Waals surface area contributed by atoms with Crippen LogP contribution in [0.25, 0.3) is 0 Å². The minimum atomic E-state index is -0.125. The van der Waals surface area contributed by atoms with Crippen LogP contribution < -0.4 is 10.6 Å². The predicted octanol–water partition coefficient (Wildman–Crippen LogP) is 1.15. The molecule has 4 saturated carbocycles. The van der Waals surface area contributed by atoms with Crippen LogP contribution in [0.1, 0.15) is 44.9 Å². The second-order valence-electron chi connectivity index (χ2n) is 9.16. The number of likely N-dealkylation sites (tertiary alicyclic amines) is 1. The van der Waals surface area contributed by atoms with Gasteiger partial charge in [0.2, 0.25) is 11.8 Å². The van der Waals surface area contributed by atoms with E-state index in [2.05, 4.69) is 15.5 Å². The van der Waals surface area contributed by atoms with Crippen molar-refractivity contribution in [1.82, 2.24) is 15.5 Å². The summed E-state index contributed by atoms with van der Waals surface area (Å²) in [5, 5.41) is 6.47. The first kappa shape index (κ1) is 18.2. The molecular weight excluding hydrogens is 330 g/mol. The van der Waals surface area contributed by atoms with Crippen molar-refractivity contribution in [2.45, 2.75) is 63.1 Å². The Balaban J connectivity index is 1.30. The number of likely N-dealkylation sites (N-methyl/N-ethyl adjacent to an activating group) is 1. The Kier molecular flexibility index (Phi) is 5.24. The van der Waals surface area contributed by atoms with E-state index in [-0.39, 0.29) is 23.9 Å². The van der Waals surface area contributed by atoms with Gasteiger partial charge in [-0.3, -0.25) is 14.5 Å². The highest BCUT2D eigenvalue weighted by molar-refractivity contribution is 5.83. The molecule has 4 aliphatic carbocycles. The Morgan fingerprint density at radius 3 is 2.27 bits per heavy atom. The molecule has 0 radical (unpaired) electrons. The number of carbonyl (C=O) groups excluding carboxylic acids is 2. The molecule has 0 aromatic rings. The minimum absolute atomic E-state index is 0.00680. The largest absolute Gasteiger partial charge is 0.384 e. The maximum atomic E-state index is 13.0. The van der Waals surface area contributed by atoms with Gasteiger partial charge < -0.3 is 15.4 Å². The van der Waals surface area contributed by atoms with E-state index in [1.807, 2.05) is 7.05 Å². The van der Waals surface area contributed by atoms with E-state index in [1.165, 1.54) is 32.1 Å². The molecule has 0 aromatic carbocycles. The molecule has 1 saturated heterocycles. The minimum Gasteiger partial charge on any atom is -0.384 e. The van der Waals surface area contributed by atoms with E-state index in [9.17, 15) is 9.59 Å². The second kappa shape index (κ2) is 7.47. The fourth-order valence-corrected chi connectivity index (χ4v) is 6.33. The molecule has 2 N–H and O–H groups in total. The molecule has 6 nitrogen and oxygen atoms in total. The van der Waals surface area contributed by atoms with Crippen molar-refractivity contribution in [1.29, 1.82) is 0 Å². The number of ether oxygens (including phenoxy) is 1. The molecule has 0 unspecified atom stereocenters. The molecule has 2 amide bonds. The Morgan fingerprint density at radius 1 is 1.00 bits per heavy atom. The first-order valence-electron chi connectivity index (χ1n) is 10.3. The summed E-state index contributed by atoms with van der Waals surface area (Å²) in [6.45, 7) is 1.17. The zero-order valence-electron chi connectivity index (χ0n) is 16.1. The monoisotopic (exact) mass is 363 g/mol. The van der Waals surface area contributed by atoms with Crippen LogP contribution in [0.4, 0.5) is 0 Å². The van der Waals surface area contributed by atoms with Crippen LogP contribution in [0, 0.1) is 23.7 Å². The topological polar surface area (TPSA) is 70.7 Å². The van der Waals surface area contributed by atoms with E-state index < -0.39 is 0 Å². The summed E-state index contributed by atoms with van der Waals surface area (Å²) >= 11 is 0. The Labute approximate surface area is 156 Å². The molecule has 1 aliphatic heterocycles. The molecule has 5 rings (SSSR count). The molecule has 0 aromatic heterocycles. The van der Waals surface area contributed by atoms with E-state index in [0.717, 1.165) is 18.4 Å². The number of amides is 2. The van der Waals surface area contributed by atoms with Crippen molar-refractivity contribution in [3.63, 3.8) is 0 Å². The maximum absolute atomic E-state index is 13.0. The van der Waals surface area contributed by atoms with Crippen LogP contribution in [-0.4, -0.2) is 62.1 Å². The van der Waals surface area contributed by atoms with Crippen LogP contribution in [-0.2, 0) is 14.3 Å². The average Bonchev–Trinajstić information content (AvgIpc) is 2.95. The van der Waals surface area contributed by atoms with Gasteiger partial charge in [0.25, 0.3) is 0 Å². The summed E-state index contributed by atoms with van der Waals surface area (Å²) < 4.78 is 4.95. The van der Waals surface area contributed by atoms with Gasteiger partial charge >= 0.3 is 0 Å². The molecule has 6 heteroatoms. The third-order valence-electron chi connectivity index (χ3n) is 7.28. The van der Waals surface area contributed by atoms with Gasteiger partial charge in [-0.05, 0) is 69.2 Å². The molecule has 4 bridgehead atoms. The van der Waals surface area contributed by atoms with Gasteiger partial charge in [0, 0.05) is 32.2 Å². The van der Waals surface area contributed by atoms with Gasteiger partial charge in [-0.2, -0.15) is 0 Å². The van der Waals surface area contributed by atoms with Crippen LogP contribution in [0.5, 0.6) is 0 Å². The highest BCUT2D eigenvalue weighted by Crippen LogP contribution is 2.53. The van der Waals surface area contributed by atoms with E-state index in [1.54, 1.807) is 7.11 Å². The van der Waals surface area contributed by atoms with Crippen LogP contribution in [0.15, 0.2) is 0 Å². The van der Waals surface area contributed by atoms with E-state index in [0.29, 0.717) is 37.3 Å². The first-order valence-corrected chi connectivity index (χ1v) is 10.3. The molecular formula is C20H33N3O3. The zero-order valence-corrected chi connectivity index (χ0v) is 16.1. The Bertz CT molecular complexity index is 524. The molecule has 2 atom stereocenters. The summed E-state index contributed by atoms with van der Waals surface area (Å²) in [6, 6.07) is 0.317. The summed E-state index contributed by atoms with van der Waals surface area (Å²) in [4.78, 5) is 27.0. The van der Waals surface area contributed by atoms with Gasteiger partial charge in [0.15, 0.2) is 0 Å². The van der Waals surface area contributed by atoms with Crippen molar-refractivity contribution < 1.29 is 14.3 Å². The predicted molar refractivity (Wildman–Crippen MR) is 98.4 cm³/mol. The number of nitrogens with zero attached hydrogens (tertiary/aromatic N) is 1. The third-order valence-corrected chi connectivity index (χ3v) is 7.28. The van der Waals surface area contributed by atoms with E-state index in [4.69, 9.17) is 4.74 Å². The quantitative estimate of drug-likeness (QED) is 0.743. The van der Waals surface area contributed by atoms with Crippen LogP contribution in [0.2, 0.25) is 0 Å². The van der Waals surface area contributed by atoms with Gasteiger partial charge in [-0.1, -0.05) is 0 Å². The highest BCUT2D eigenvalue weighted by atomic mass is 16.5. The first-order chi connectivity index (χ1) is 12.5. The number of carbonyl (C=O) groups is 2. The lowest BCUT2D eigenvalue weighted by molar-refractivity contribution is -0.129. The fourth-order valence-electron chi connectivity index (χ4n) is 6.33. The number of hydrogen-bond acceptors (Lipinski definition) is 4. The van der Waals surface area contributed by atoms with Gasteiger partial charge in [-0.25, -0.2) is 0 Å². The summed E-state index contributed by atoms with van der Waals surface area (Å²) in [5.74, 6) is 3.42. The lowest BCUT2D eigenvalue weighted by Crippen LogP contribution is -2.58. The Morgan fingerprint density at radius 2 is 1.65 bits per heavy atom. The summed E-state index contributed by atoms with van der Waals surface area (Å²) in [5.41, 5.74) is 0. The van der Waals surface area contributed by atoms with Crippen molar-refractivity contribution in [3.05, 3.63) is 0 Å². The average molecular weight is 364 g/mol. The highest BCUT2D eigenvalue weighted by Gasteiger charge is 2.49. The third kappa shape index (κ3) is 3.63. The summed E-state index contributed by atoms with van der Waals surface area (Å²) in [7, 11) is 3.59.